The number of hydrogen-bond acceptors (Lipinski definition) is 4. The summed E-state index contributed by atoms with van der Waals surface area (Å²) in [5.74, 6) is 1.32. The first-order chi connectivity index (χ1) is 9.43. The van der Waals surface area contributed by atoms with Gasteiger partial charge in [0.2, 0.25) is 0 Å². The van der Waals surface area contributed by atoms with Crippen molar-refractivity contribution < 1.29 is 4.74 Å². The molecule has 20 heavy (non-hydrogen) atoms. The summed E-state index contributed by atoms with van der Waals surface area (Å²) in [7, 11) is 4.19. The Morgan fingerprint density at radius 1 is 1.30 bits per heavy atom. The van der Waals surface area contributed by atoms with Crippen molar-refractivity contribution in [1.29, 1.82) is 0 Å². The van der Waals surface area contributed by atoms with Gasteiger partial charge in [0, 0.05) is 24.3 Å². The molecule has 1 unspecified atom stereocenters. The second kappa shape index (κ2) is 8.00. The van der Waals surface area contributed by atoms with Crippen molar-refractivity contribution in [2.24, 2.45) is 5.92 Å². The minimum Gasteiger partial charge on any atom is -0.491 e. The predicted octanol–water partition coefficient (Wildman–Crippen LogP) is 3.06. The number of nitrogens with zero attached hydrogens (tertiary/aromatic N) is 1. The first kappa shape index (κ1) is 16.6. The molecule has 0 aliphatic carbocycles. The number of nitrogens with one attached hydrogen (secondary N) is 1. The minimum absolute atomic E-state index is 0.396. The van der Waals surface area contributed by atoms with Crippen molar-refractivity contribution in [3.63, 3.8) is 0 Å². The highest BCUT2D eigenvalue weighted by Crippen LogP contribution is 2.26. The lowest BCUT2D eigenvalue weighted by molar-refractivity contribution is 0.319. The van der Waals surface area contributed by atoms with Crippen molar-refractivity contribution in [2.75, 3.05) is 38.3 Å². The number of ether oxygens (including phenoxy) is 1. The van der Waals surface area contributed by atoms with Gasteiger partial charge in [-0.25, -0.2) is 0 Å². The molecule has 1 atom stereocenters. The number of likely N-dealkylation sites (N-methyl/N-ethyl adjacent to an activating group) is 1. The van der Waals surface area contributed by atoms with Crippen LogP contribution in [-0.4, -0.2) is 38.2 Å². The van der Waals surface area contributed by atoms with Crippen molar-refractivity contribution in [3.05, 3.63) is 18.2 Å². The Morgan fingerprint density at radius 3 is 2.55 bits per heavy atom. The molecule has 0 aromatic heterocycles. The Morgan fingerprint density at radius 2 is 2.00 bits per heavy atom. The van der Waals surface area contributed by atoms with Crippen molar-refractivity contribution in [2.45, 2.75) is 33.2 Å². The fourth-order valence-electron chi connectivity index (χ4n) is 1.99. The largest absolute Gasteiger partial charge is 0.491 e. The molecule has 1 aromatic rings. The van der Waals surface area contributed by atoms with Gasteiger partial charge in [0.25, 0.3) is 0 Å². The molecule has 1 rings (SSSR count). The third kappa shape index (κ3) is 5.29. The fraction of sp³-hybridized carbons (Fsp3) is 0.625. The van der Waals surface area contributed by atoms with E-state index in [1.54, 1.807) is 0 Å². The summed E-state index contributed by atoms with van der Waals surface area (Å²) in [5, 5.41) is 3.58. The van der Waals surface area contributed by atoms with Gasteiger partial charge in [-0.1, -0.05) is 20.8 Å². The number of benzene rings is 1. The Bertz CT molecular complexity index is 405. The lowest BCUT2D eigenvalue weighted by atomic mass is 10.0. The molecule has 114 valence electrons. The van der Waals surface area contributed by atoms with Crippen LogP contribution in [0.25, 0.3) is 0 Å². The maximum Gasteiger partial charge on any atom is 0.144 e. The number of nitrogen functional groups attached to an aromatic ring is 1. The van der Waals surface area contributed by atoms with Gasteiger partial charge in [0.1, 0.15) is 5.75 Å². The van der Waals surface area contributed by atoms with Crippen LogP contribution in [0.4, 0.5) is 11.4 Å². The average Bonchev–Trinajstić information content (AvgIpc) is 2.37. The molecular formula is C16H29N3O. The SMILES string of the molecule is CCCOc1cc(NC(CN(C)C)C(C)C)ccc1N. The Balaban J connectivity index is 2.79. The zero-order chi connectivity index (χ0) is 15.1. The van der Waals surface area contributed by atoms with E-state index in [0.29, 0.717) is 24.3 Å². The number of hydrogen-bond donors (Lipinski definition) is 2. The van der Waals surface area contributed by atoms with Crippen LogP contribution in [0.2, 0.25) is 0 Å². The monoisotopic (exact) mass is 279 g/mol. The molecule has 0 amide bonds. The standard InChI is InChI=1S/C16H29N3O/c1-6-9-20-16-10-13(7-8-14(16)17)18-15(12(2)3)11-19(4)5/h7-8,10,12,15,18H,6,9,11,17H2,1-5H3. The van der Waals surface area contributed by atoms with Gasteiger partial charge in [0.05, 0.1) is 12.3 Å². The highest BCUT2D eigenvalue weighted by Gasteiger charge is 2.14. The quantitative estimate of drug-likeness (QED) is 0.718. The first-order valence-electron chi connectivity index (χ1n) is 7.37. The number of rotatable bonds is 8. The zero-order valence-corrected chi connectivity index (χ0v) is 13.4. The number of nitrogens with two attached hydrogens (primary N) is 1. The Hall–Kier alpha value is -1.42. The van der Waals surface area contributed by atoms with E-state index in [9.17, 15) is 0 Å². The highest BCUT2D eigenvalue weighted by molar-refractivity contribution is 5.61. The van der Waals surface area contributed by atoms with Crippen LogP contribution in [-0.2, 0) is 0 Å². The Kier molecular flexibility index (Phi) is 6.65. The van der Waals surface area contributed by atoms with E-state index in [4.69, 9.17) is 10.5 Å². The van der Waals surface area contributed by atoms with Crippen LogP contribution in [0.5, 0.6) is 5.75 Å². The van der Waals surface area contributed by atoms with E-state index in [1.807, 2.05) is 18.2 Å². The van der Waals surface area contributed by atoms with Crippen LogP contribution in [0, 0.1) is 5.92 Å². The first-order valence-corrected chi connectivity index (χ1v) is 7.37. The third-order valence-corrected chi connectivity index (χ3v) is 3.19. The van der Waals surface area contributed by atoms with Gasteiger partial charge < -0.3 is 20.7 Å². The van der Waals surface area contributed by atoms with Gasteiger partial charge in [-0.15, -0.1) is 0 Å². The summed E-state index contributed by atoms with van der Waals surface area (Å²) in [5.41, 5.74) is 7.69. The van der Waals surface area contributed by atoms with E-state index < -0.39 is 0 Å². The van der Waals surface area contributed by atoms with Crippen LogP contribution >= 0.6 is 0 Å². The van der Waals surface area contributed by atoms with E-state index in [0.717, 1.165) is 24.4 Å². The molecule has 3 N–H and O–H groups in total. The van der Waals surface area contributed by atoms with Crippen LogP contribution < -0.4 is 15.8 Å². The van der Waals surface area contributed by atoms with Gasteiger partial charge in [0.15, 0.2) is 0 Å². The smallest absolute Gasteiger partial charge is 0.144 e. The summed E-state index contributed by atoms with van der Waals surface area (Å²) in [4.78, 5) is 2.20. The molecule has 4 nitrogen and oxygen atoms in total. The summed E-state index contributed by atoms with van der Waals surface area (Å²) < 4.78 is 5.67. The molecule has 0 fully saturated rings. The second-order valence-electron chi connectivity index (χ2n) is 5.86. The fourth-order valence-corrected chi connectivity index (χ4v) is 1.99. The minimum atomic E-state index is 0.396. The molecule has 0 heterocycles. The summed E-state index contributed by atoms with van der Waals surface area (Å²) in [6, 6.07) is 6.31. The van der Waals surface area contributed by atoms with Crippen molar-refractivity contribution >= 4 is 11.4 Å². The second-order valence-corrected chi connectivity index (χ2v) is 5.86. The van der Waals surface area contributed by atoms with Crippen LogP contribution in [0.15, 0.2) is 18.2 Å². The summed E-state index contributed by atoms with van der Waals surface area (Å²) >= 11 is 0. The van der Waals surface area contributed by atoms with E-state index in [1.165, 1.54) is 0 Å². The van der Waals surface area contributed by atoms with Crippen molar-refractivity contribution in [1.82, 2.24) is 4.90 Å². The lowest BCUT2D eigenvalue weighted by Crippen LogP contribution is -2.36. The molecule has 4 heteroatoms. The molecule has 0 aliphatic heterocycles. The average molecular weight is 279 g/mol. The predicted molar refractivity (Wildman–Crippen MR) is 87.4 cm³/mol. The Labute approximate surface area is 123 Å². The third-order valence-electron chi connectivity index (χ3n) is 3.19. The molecular weight excluding hydrogens is 250 g/mol. The number of anilines is 2. The van der Waals surface area contributed by atoms with Crippen LogP contribution in [0.3, 0.4) is 0 Å². The molecule has 0 spiro atoms. The lowest BCUT2D eigenvalue weighted by Gasteiger charge is -2.27. The van der Waals surface area contributed by atoms with Crippen LogP contribution in [0.1, 0.15) is 27.2 Å². The van der Waals surface area contributed by atoms with Gasteiger partial charge in [-0.2, -0.15) is 0 Å². The van der Waals surface area contributed by atoms with Gasteiger partial charge >= 0.3 is 0 Å². The zero-order valence-electron chi connectivity index (χ0n) is 13.4. The summed E-state index contributed by atoms with van der Waals surface area (Å²) in [6.45, 7) is 8.23. The molecule has 0 radical (unpaired) electrons. The van der Waals surface area contributed by atoms with E-state index in [2.05, 4.69) is 45.1 Å². The van der Waals surface area contributed by atoms with E-state index in [-0.39, 0.29) is 0 Å². The summed E-state index contributed by atoms with van der Waals surface area (Å²) in [6.07, 6.45) is 0.979. The molecule has 0 bridgehead atoms. The topological polar surface area (TPSA) is 50.5 Å². The maximum atomic E-state index is 5.94. The molecule has 0 aliphatic rings. The highest BCUT2D eigenvalue weighted by atomic mass is 16.5. The molecule has 1 aromatic carbocycles. The van der Waals surface area contributed by atoms with Crippen molar-refractivity contribution in [3.8, 4) is 5.75 Å². The molecule has 0 saturated carbocycles. The maximum absolute atomic E-state index is 5.94. The van der Waals surface area contributed by atoms with Gasteiger partial charge in [-0.3, -0.25) is 0 Å². The van der Waals surface area contributed by atoms with E-state index >= 15 is 0 Å². The molecule has 0 saturated heterocycles. The normalized spacial score (nSPS) is 12.8. The van der Waals surface area contributed by atoms with Gasteiger partial charge in [-0.05, 0) is 38.6 Å².